The van der Waals surface area contributed by atoms with Crippen molar-refractivity contribution in [3.05, 3.63) is 51.7 Å². The van der Waals surface area contributed by atoms with E-state index in [9.17, 15) is 10.1 Å². The van der Waals surface area contributed by atoms with Gasteiger partial charge in [-0.3, -0.25) is 10.1 Å². The molecule has 1 aliphatic heterocycles. The minimum atomic E-state index is -1.18. The predicted octanol–water partition coefficient (Wildman–Crippen LogP) is 3.47. The van der Waals surface area contributed by atoms with E-state index in [2.05, 4.69) is 31.4 Å². The summed E-state index contributed by atoms with van der Waals surface area (Å²) in [6, 6.07) is 6.59. The van der Waals surface area contributed by atoms with Crippen LogP contribution in [-0.4, -0.2) is 19.1 Å². The number of hydrogen-bond acceptors (Lipinski definition) is 3. The van der Waals surface area contributed by atoms with Crippen LogP contribution in [0.4, 0.5) is 5.69 Å². The van der Waals surface area contributed by atoms with Gasteiger partial charge in [0.2, 0.25) is 0 Å². The van der Waals surface area contributed by atoms with Crippen LogP contribution in [-0.2, 0) is 4.74 Å². The van der Waals surface area contributed by atoms with Crippen molar-refractivity contribution in [1.29, 1.82) is 0 Å². The fourth-order valence-corrected chi connectivity index (χ4v) is 2.47. The number of ether oxygens (including phenoxy) is 1. The molecule has 0 N–H and O–H groups in total. The maximum Gasteiger partial charge on any atom is 0.269 e. The largest absolute Gasteiger partial charge is 0.360 e. The molecule has 4 nitrogen and oxygen atoms in total. The van der Waals surface area contributed by atoms with Gasteiger partial charge in [0.25, 0.3) is 5.69 Å². The summed E-state index contributed by atoms with van der Waals surface area (Å²) in [5.74, 6) is 0. The Bertz CT molecular complexity index is 476. The van der Waals surface area contributed by atoms with E-state index < -0.39 is 8.07 Å². The van der Waals surface area contributed by atoms with Crippen molar-refractivity contribution in [3.8, 4) is 0 Å². The third-order valence-electron chi connectivity index (χ3n) is 2.74. The highest BCUT2D eigenvalue weighted by Crippen LogP contribution is 2.40. The summed E-state index contributed by atoms with van der Waals surface area (Å²) in [6.07, 6.45) is 2.33. The molecule has 1 heterocycles. The van der Waals surface area contributed by atoms with Gasteiger partial charge >= 0.3 is 0 Å². The van der Waals surface area contributed by atoms with Crippen LogP contribution in [0.15, 0.2) is 36.0 Å². The van der Waals surface area contributed by atoms with Crippen molar-refractivity contribution in [2.24, 2.45) is 0 Å². The molecule has 18 heavy (non-hydrogen) atoms. The lowest BCUT2D eigenvalue weighted by atomic mass is 10.1. The minimum absolute atomic E-state index is 0.0680. The highest BCUT2D eigenvalue weighted by atomic mass is 28.3. The molecule has 0 spiro atoms. The quantitative estimate of drug-likeness (QED) is 0.362. The number of nitro benzene ring substituents is 1. The van der Waals surface area contributed by atoms with E-state index in [0.717, 1.165) is 5.56 Å². The Kier molecular flexibility index (Phi) is 3.36. The first-order chi connectivity index (χ1) is 8.37. The number of nitro groups is 1. The summed E-state index contributed by atoms with van der Waals surface area (Å²) in [7, 11) is -1.18. The molecule has 1 fully saturated rings. The zero-order valence-electron chi connectivity index (χ0n) is 10.8. The number of rotatable bonds is 4. The molecule has 1 aliphatic rings. The first-order valence-corrected chi connectivity index (χ1v) is 9.54. The van der Waals surface area contributed by atoms with Crippen molar-refractivity contribution in [2.75, 3.05) is 0 Å². The lowest BCUT2D eigenvalue weighted by Gasteiger charge is -2.07. The standard InChI is InChI=1S/C13H17NO3Si/c1-18(2,3)9-8-12-13(17-12)10-4-6-11(7-5-10)14(15)16/h4-9,12-13H,1-3H3/b9-8+/t12-,13-/m0/s1. The highest BCUT2D eigenvalue weighted by molar-refractivity contribution is 6.80. The second-order valence-electron chi connectivity index (χ2n) is 5.60. The summed E-state index contributed by atoms with van der Waals surface area (Å²) < 4.78 is 5.56. The van der Waals surface area contributed by atoms with Crippen molar-refractivity contribution < 1.29 is 9.66 Å². The Hall–Kier alpha value is -1.46. The van der Waals surface area contributed by atoms with E-state index in [4.69, 9.17) is 4.74 Å². The van der Waals surface area contributed by atoms with Gasteiger partial charge in [0.1, 0.15) is 12.2 Å². The molecule has 0 aromatic heterocycles. The fraction of sp³-hybridized carbons (Fsp3) is 0.385. The zero-order valence-corrected chi connectivity index (χ0v) is 11.8. The van der Waals surface area contributed by atoms with E-state index >= 15 is 0 Å². The number of nitrogens with zero attached hydrogens (tertiary/aromatic N) is 1. The van der Waals surface area contributed by atoms with Crippen LogP contribution in [0.1, 0.15) is 11.7 Å². The minimum Gasteiger partial charge on any atom is -0.360 e. The molecule has 1 saturated heterocycles. The molecular formula is C13H17NO3Si. The third kappa shape index (κ3) is 3.27. The first-order valence-electron chi connectivity index (χ1n) is 5.96. The fourth-order valence-electron chi connectivity index (χ4n) is 1.71. The van der Waals surface area contributed by atoms with Gasteiger partial charge in [-0.25, -0.2) is 0 Å². The summed E-state index contributed by atoms with van der Waals surface area (Å²) in [6.45, 7) is 6.81. The Labute approximate surface area is 107 Å². The van der Waals surface area contributed by atoms with E-state index in [1.165, 1.54) is 12.1 Å². The molecule has 0 bridgehead atoms. The summed E-state index contributed by atoms with van der Waals surface area (Å²) in [5, 5.41) is 10.5. The lowest BCUT2D eigenvalue weighted by Crippen LogP contribution is -2.15. The van der Waals surface area contributed by atoms with Crippen LogP contribution in [0, 0.1) is 10.1 Å². The second-order valence-corrected chi connectivity index (χ2v) is 10.7. The number of non-ortho nitro benzene ring substituents is 1. The molecule has 0 radical (unpaired) electrons. The zero-order chi connectivity index (χ0) is 13.3. The summed E-state index contributed by atoms with van der Waals surface area (Å²) >= 11 is 0. The molecule has 0 saturated carbocycles. The van der Waals surface area contributed by atoms with Crippen LogP contribution < -0.4 is 0 Å². The number of epoxide rings is 1. The topological polar surface area (TPSA) is 55.7 Å². The van der Waals surface area contributed by atoms with E-state index in [-0.39, 0.29) is 22.8 Å². The van der Waals surface area contributed by atoms with Gasteiger partial charge < -0.3 is 4.74 Å². The molecule has 0 amide bonds. The maximum atomic E-state index is 10.5. The van der Waals surface area contributed by atoms with Crippen LogP contribution in [0.5, 0.6) is 0 Å². The number of benzene rings is 1. The normalized spacial score (nSPS) is 23.3. The van der Waals surface area contributed by atoms with Crippen LogP contribution in [0.2, 0.25) is 19.6 Å². The molecule has 5 heteroatoms. The molecule has 2 atom stereocenters. The van der Waals surface area contributed by atoms with Crippen molar-refractivity contribution in [3.63, 3.8) is 0 Å². The Balaban J connectivity index is 1.99. The average Bonchev–Trinajstić information content (AvgIpc) is 3.05. The van der Waals surface area contributed by atoms with Gasteiger partial charge in [-0.15, -0.1) is 0 Å². The SMILES string of the molecule is C[Si](C)(C)/C=C/[C@@H]1O[C@H]1c1ccc([N+](=O)[O-])cc1. The maximum absolute atomic E-state index is 10.5. The summed E-state index contributed by atoms with van der Waals surface area (Å²) in [4.78, 5) is 10.2. The van der Waals surface area contributed by atoms with Gasteiger partial charge in [-0.2, -0.15) is 0 Å². The van der Waals surface area contributed by atoms with Gasteiger partial charge in [-0.1, -0.05) is 31.4 Å². The van der Waals surface area contributed by atoms with E-state index in [1.54, 1.807) is 12.1 Å². The molecular weight excluding hydrogens is 246 g/mol. The summed E-state index contributed by atoms with van der Waals surface area (Å²) in [5.41, 5.74) is 3.39. The molecule has 0 aliphatic carbocycles. The monoisotopic (exact) mass is 263 g/mol. The Morgan fingerprint density at radius 2 is 1.89 bits per heavy atom. The van der Waals surface area contributed by atoms with Crippen molar-refractivity contribution in [2.45, 2.75) is 31.8 Å². The third-order valence-corrected chi connectivity index (χ3v) is 3.94. The molecule has 0 unspecified atom stereocenters. The van der Waals surface area contributed by atoms with E-state index in [0.29, 0.717) is 0 Å². The average molecular weight is 263 g/mol. The van der Waals surface area contributed by atoms with Crippen LogP contribution in [0.3, 0.4) is 0 Å². The van der Waals surface area contributed by atoms with Gasteiger partial charge in [-0.05, 0) is 17.7 Å². The predicted molar refractivity (Wildman–Crippen MR) is 73.2 cm³/mol. The van der Waals surface area contributed by atoms with Gasteiger partial charge in [0, 0.05) is 12.1 Å². The molecule has 2 rings (SSSR count). The van der Waals surface area contributed by atoms with E-state index in [1.807, 2.05) is 0 Å². The molecule has 1 aromatic carbocycles. The lowest BCUT2D eigenvalue weighted by molar-refractivity contribution is -0.384. The first kappa shape index (κ1) is 13.0. The number of hydrogen-bond donors (Lipinski definition) is 0. The Morgan fingerprint density at radius 3 is 2.39 bits per heavy atom. The molecule has 96 valence electrons. The van der Waals surface area contributed by atoms with Gasteiger partial charge in [0.05, 0.1) is 13.0 Å². The van der Waals surface area contributed by atoms with Crippen LogP contribution >= 0.6 is 0 Å². The smallest absolute Gasteiger partial charge is 0.269 e. The van der Waals surface area contributed by atoms with Crippen LogP contribution in [0.25, 0.3) is 0 Å². The Morgan fingerprint density at radius 1 is 1.28 bits per heavy atom. The highest BCUT2D eigenvalue weighted by Gasteiger charge is 2.38. The van der Waals surface area contributed by atoms with Gasteiger partial charge in [0.15, 0.2) is 0 Å². The van der Waals surface area contributed by atoms with Crippen molar-refractivity contribution in [1.82, 2.24) is 0 Å². The van der Waals surface area contributed by atoms with Crippen molar-refractivity contribution >= 4 is 13.8 Å². The second kappa shape index (κ2) is 4.66. The molecule has 1 aromatic rings.